The Morgan fingerprint density at radius 3 is 2.77 bits per heavy atom. The summed E-state index contributed by atoms with van der Waals surface area (Å²) in [4.78, 5) is 40.3. The van der Waals surface area contributed by atoms with Crippen molar-refractivity contribution >= 4 is 29.1 Å². The molecule has 4 rings (SSSR count). The number of amides is 3. The summed E-state index contributed by atoms with van der Waals surface area (Å²) in [5, 5.41) is 11.0. The molecule has 0 bridgehead atoms. The number of nitrogens with one attached hydrogen (secondary N) is 3. The third kappa shape index (κ3) is 4.88. The summed E-state index contributed by atoms with van der Waals surface area (Å²) in [5.74, 6) is -0.0970. The molecule has 3 amide bonds. The largest absolute Gasteiger partial charge is 0.353 e. The van der Waals surface area contributed by atoms with Crippen LogP contribution in [0.4, 0.5) is 0 Å². The van der Waals surface area contributed by atoms with Crippen molar-refractivity contribution in [1.82, 2.24) is 20.9 Å². The van der Waals surface area contributed by atoms with Crippen molar-refractivity contribution in [3.63, 3.8) is 0 Å². The summed E-state index contributed by atoms with van der Waals surface area (Å²) in [6.45, 7) is 1.71. The quantitative estimate of drug-likeness (QED) is 0.626. The Morgan fingerprint density at radius 1 is 1.17 bits per heavy atom. The van der Waals surface area contributed by atoms with Gasteiger partial charge in [-0.05, 0) is 36.4 Å². The number of piperazine rings is 1. The van der Waals surface area contributed by atoms with E-state index in [0.717, 1.165) is 4.88 Å². The normalized spacial score (nSPS) is 23.5. The molecule has 2 aliphatic heterocycles. The van der Waals surface area contributed by atoms with Crippen LogP contribution in [0.3, 0.4) is 0 Å². The molecular formula is C22H26N4O3S. The molecule has 0 spiro atoms. The molecule has 2 aliphatic rings. The highest BCUT2D eigenvalue weighted by Crippen LogP contribution is 2.26. The van der Waals surface area contributed by atoms with Crippen molar-refractivity contribution in [2.45, 2.75) is 43.9 Å². The number of carbonyl (C=O) groups excluding carboxylic acids is 3. The van der Waals surface area contributed by atoms with E-state index in [1.807, 2.05) is 35.7 Å². The first-order valence-electron chi connectivity index (χ1n) is 10.3. The topological polar surface area (TPSA) is 90.5 Å². The number of fused-ring (bicyclic) bond motifs is 1. The lowest BCUT2D eigenvalue weighted by atomic mass is 10.0. The van der Waals surface area contributed by atoms with Crippen molar-refractivity contribution in [2.75, 3.05) is 13.1 Å². The maximum atomic E-state index is 12.5. The van der Waals surface area contributed by atoms with E-state index in [9.17, 15) is 14.4 Å². The van der Waals surface area contributed by atoms with Gasteiger partial charge in [-0.1, -0.05) is 24.3 Å². The third-order valence-electron chi connectivity index (χ3n) is 5.74. The monoisotopic (exact) mass is 426 g/mol. The van der Waals surface area contributed by atoms with Crippen LogP contribution < -0.4 is 16.0 Å². The van der Waals surface area contributed by atoms with E-state index in [0.29, 0.717) is 44.5 Å². The molecule has 3 heterocycles. The molecule has 1 aromatic heterocycles. The standard InChI is InChI=1S/C22H26N4O3S/c27-20(23-13-18-7-4-10-30-18)9-8-17-12-24-22(29)19-11-16(14-26(17)19)25-21(28)15-5-2-1-3-6-15/h1-7,10,16-17,19H,8-9,11-14H2,(H,23,27)(H,24,29)(H,25,28)/t16-,17-,19+/m1/s1. The molecule has 7 nitrogen and oxygen atoms in total. The number of carbonyl (C=O) groups is 3. The zero-order chi connectivity index (χ0) is 20.9. The first kappa shape index (κ1) is 20.6. The van der Waals surface area contributed by atoms with E-state index in [4.69, 9.17) is 0 Å². The highest BCUT2D eigenvalue weighted by Gasteiger charge is 2.43. The predicted molar refractivity (Wildman–Crippen MR) is 115 cm³/mol. The zero-order valence-corrected chi connectivity index (χ0v) is 17.5. The van der Waals surface area contributed by atoms with E-state index < -0.39 is 0 Å². The molecule has 8 heteroatoms. The smallest absolute Gasteiger partial charge is 0.251 e. The second kappa shape index (κ2) is 9.40. The second-order valence-corrected chi connectivity index (χ2v) is 8.81. The van der Waals surface area contributed by atoms with Crippen LogP contribution in [0.5, 0.6) is 0 Å². The van der Waals surface area contributed by atoms with E-state index in [1.165, 1.54) is 0 Å². The lowest BCUT2D eigenvalue weighted by Gasteiger charge is -2.37. The van der Waals surface area contributed by atoms with Gasteiger partial charge in [0.25, 0.3) is 5.91 Å². The van der Waals surface area contributed by atoms with E-state index in [1.54, 1.807) is 23.5 Å². The Kier molecular flexibility index (Phi) is 6.44. The Bertz CT molecular complexity index is 887. The summed E-state index contributed by atoms with van der Waals surface area (Å²) < 4.78 is 0. The SMILES string of the molecule is O=C(CC[C@@H]1CNC(=O)[C@@H]2C[C@@H](NC(=O)c3ccccc3)CN12)NCc1cccs1. The van der Waals surface area contributed by atoms with Gasteiger partial charge in [-0.15, -0.1) is 11.3 Å². The Balaban J connectivity index is 1.29. The highest BCUT2D eigenvalue weighted by atomic mass is 32.1. The number of hydrogen-bond donors (Lipinski definition) is 3. The molecular weight excluding hydrogens is 400 g/mol. The molecule has 0 radical (unpaired) electrons. The minimum absolute atomic E-state index is 0.00450. The van der Waals surface area contributed by atoms with Gasteiger partial charge in [-0.25, -0.2) is 0 Å². The molecule has 1 aromatic carbocycles. The molecule has 2 fully saturated rings. The van der Waals surface area contributed by atoms with Gasteiger partial charge in [0.1, 0.15) is 0 Å². The van der Waals surface area contributed by atoms with Crippen LogP contribution in [-0.2, 0) is 16.1 Å². The number of rotatable bonds is 7. The minimum Gasteiger partial charge on any atom is -0.353 e. The number of hydrogen-bond acceptors (Lipinski definition) is 5. The fourth-order valence-corrected chi connectivity index (χ4v) is 4.84. The van der Waals surface area contributed by atoms with Crippen LogP contribution >= 0.6 is 11.3 Å². The van der Waals surface area contributed by atoms with Crippen molar-refractivity contribution in [3.8, 4) is 0 Å². The average Bonchev–Trinajstić information content (AvgIpc) is 3.43. The lowest BCUT2D eigenvalue weighted by Crippen LogP contribution is -2.58. The van der Waals surface area contributed by atoms with Crippen LogP contribution in [0.2, 0.25) is 0 Å². The van der Waals surface area contributed by atoms with E-state index in [2.05, 4.69) is 20.9 Å². The van der Waals surface area contributed by atoms with Crippen molar-refractivity contribution in [3.05, 3.63) is 58.3 Å². The van der Waals surface area contributed by atoms with Gasteiger partial charge in [0, 0.05) is 42.0 Å². The molecule has 0 unspecified atom stereocenters. The van der Waals surface area contributed by atoms with Crippen LogP contribution in [-0.4, -0.2) is 53.8 Å². The second-order valence-electron chi connectivity index (χ2n) is 7.78. The predicted octanol–water partition coefficient (Wildman–Crippen LogP) is 1.52. The first-order chi connectivity index (χ1) is 14.6. The minimum atomic E-state index is -0.251. The number of benzene rings is 1. The van der Waals surface area contributed by atoms with Gasteiger partial charge in [-0.3, -0.25) is 19.3 Å². The third-order valence-corrected chi connectivity index (χ3v) is 6.61. The molecule has 2 aromatic rings. The van der Waals surface area contributed by atoms with Crippen LogP contribution in [0.1, 0.15) is 34.5 Å². The molecule has 158 valence electrons. The van der Waals surface area contributed by atoms with Gasteiger partial charge in [0.2, 0.25) is 11.8 Å². The lowest BCUT2D eigenvalue weighted by molar-refractivity contribution is -0.129. The van der Waals surface area contributed by atoms with Crippen molar-refractivity contribution in [1.29, 1.82) is 0 Å². The maximum absolute atomic E-state index is 12.5. The van der Waals surface area contributed by atoms with Gasteiger partial charge in [-0.2, -0.15) is 0 Å². The zero-order valence-electron chi connectivity index (χ0n) is 16.7. The maximum Gasteiger partial charge on any atom is 0.251 e. The Labute approximate surface area is 179 Å². The van der Waals surface area contributed by atoms with Crippen molar-refractivity contribution in [2.24, 2.45) is 0 Å². The molecule has 2 saturated heterocycles. The van der Waals surface area contributed by atoms with Crippen LogP contribution in [0.25, 0.3) is 0 Å². The van der Waals surface area contributed by atoms with E-state index in [-0.39, 0.29) is 35.8 Å². The van der Waals surface area contributed by atoms with Gasteiger partial charge in [0.05, 0.1) is 12.6 Å². The highest BCUT2D eigenvalue weighted by molar-refractivity contribution is 7.09. The fraction of sp³-hybridized carbons (Fsp3) is 0.409. The fourth-order valence-electron chi connectivity index (χ4n) is 4.19. The van der Waals surface area contributed by atoms with Crippen LogP contribution in [0, 0.1) is 0 Å². The summed E-state index contributed by atoms with van der Waals surface area (Å²) in [6, 6.07) is 12.8. The number of thiophene rings is 1. The first-order valence-corrected chi connectivity index (χ1v) is 11.2. The van der Waals surface area contributed by atoms with Crippen LogP contribution in [0.15, 0.2) is 47.8 Å². The molecule has 0 aliphatic carbocycles. The summed E-state index contributed by atoms with van der Waals surface area (Å²) in [5.41, 5.74) is 0.616. The van der Waals surface area contributed by atoms with E-state index >= 15 is 0 Å². The average molecular weight is 427 g/mol. The summed E-state index contributed by atoms with van der Waals surface area (Å²) >= 11 is 1.62. The van der Waals surface area contributed by atoms with Gasteiger partial charge < -0.3 is 16.0 Å². The number of nitrogens with zero attached hydrogens (tertiary/aromatic N) is 1. The van der Waals surface area contributed by atoms with Gasteiger partial charge in [0.15, 0.2) is 0 Å². The van der Waals surface area contributed by atoms with Crippen molar-refractivity contribution < 1.29 is 14.4 Å². The summed E-state index contributed by atoms with van der Waals surface area (Å²) in [6.07, 6.45) is 1.67. The molecule has 3 atom stereocenters. The molecule has 0 saturated carbocycles. The molecule has 30 heavy (non-hydrogen) atoms. The molecule has 3 N–H and O–H groups in total. The Hall–Kier alpha value is -2.71. The Morgan fingerprint density at radius 2 is 2.00 bits per heavy atom. The summed E-state index contributed by atoms with van der Waals surface area (Å²) in [7, 11) is 0. The van der Waals surface area contributed by atoms with Gasteiger partial charge >= 0.3 is 0 Å².